The molecule has 24 heteroatoms. The molecule has 6 rings (SSSR count). The van der Waals surface area contributed by atoms with Crippen LogP contribution in [0, 0.1) is 0 Å². The summed E-state index contributed by atoms with van der Waals surface area (Å²) in [5, 5.41) is 12.2. The molecule has 1 unspecified atom stereocenters. The summed E-state index contributed by atoms with van der Waals surface area (Å²) in [6.07, 6.45) is 13.5. The molecule has 2 aliphatic rings. The van der Waals surface area contributed by atoms with E-state index in [0.29, 0.717) is 59.9 Å². The van der Waals surface area contributed by atoms with Gasteiger partial charge in [-0.3, -0.25) is 9.59 Å². The van der Waals surface area contributed by atoms with Crippen molar-refractivity contribution < 1.29 is 80.6 Å². The van der Waals surface area contributed by atoms with Crippen molar-refractivity contribution in [2.75, 3.05) is 57.7 Å². The summed E-state index contributed by atoms with van der Waals surface area (Å²) in [6, 6.07) is 10.2. The number of anilines is 1. The maximum Gasteiger partial charge on any atom is 0.303 e. The number of methoxy groups -OCH3 is 2. The second-order valence-corrected chi connectivity index (χ2v) is 24.1. The maximum absolute atomic E-state index is 13.3. The Morgan fingerprint density at radius 3 is 1.96 bits per heavy atom. The number of benzene rings is 4. The predicted molar refractivity (Wildman–Crippen MR) is 271 cm³/mol. The van der Waals surface area contributed by atoms with E-state index in [1.54, 1.807) is 60.4 Å². The fraction of sp³-hybridized carbons (Fsp3) is 0.380. The molecule has 4 aromatic carbocycles. The fourth-order valence-corrected chi connectivity index (χ4v) is 12.5. The zero-order valence-corrected chi connectivity index (χ0v) is 44.4. The molecule has 2 aliphatic heterocycles. The number of carbonyl (C=O) groups is 2. The number of hydrogen-bond donors (Lipinski definition) is 2. The van der Waals surface area contributed by atoms with E-state index in [1.165, 1.54) is 32.4 Å². The molecular weight excluding hydrogens is 1040 g/mol. The lowest BCUT2D eigenvalue weighted by Crippen LogP contribution is -2.31. The molecule has 1 atom stereocenters. The van der Waals surface area contributed by atoms with Gasteiger partial charge in [0.1, 0.15) is 36.9 Å². The van der Waals surface area contributed by atoms with Crippen molar-refractivity contribution in [2.45, 2.75) is 84.8 Å². The fourth-order valence-electron chi connectivity index (χ4n) is 9.95. The summed E-state index contributed by atoms with van der Waals surface area (Å²) in [5.74, 6) is -2.29. The van der Waals surface area contributed by atoms with Crippen LogP contribution in [0.1, 0.15) is 80.8 Å². The highest BCUT2D eigenvalue weighted by Gasteiger charge is 2.47. The Morgan fingerprint density at radius 2 is 1.34 bits per heavy atom. The number of amides is 1. The minimum atomic E-state index is -5.35. The smallest absolute Gasteiger partial charge is 0.303 e. The molecule has 2 heterocycles. The van der Waals surface area contributed by atoms with Gasteiger partial charge in [0.2, 0.25) is 5.69 Å². The summed E-state index contributed by atoms with van der Waals surface area (Å²) in [5.41, 5.74) is 1.11. The van der Waals surface area contributed by atoms with Crippen LogP contribution in [0.5, 0.6) is 0 Å². The number of allylic oxidation sites excluding steroid dienone is 8. The minimum absolute atomic E-state index is 0.00843. The molecule has 0 radical (unpaired) electrons. The average Bonchev–Trinajstić information content (AvgIpc) is 3.67. The molecule has 400 valence electrons. The Morgan fingerprint density at radius 1 is 0.716 bits per heavy atom. The quantitative estimate of drug-likeness (QED) is 0.0384. The number of carboxylic acids is 1. The van der Waals surface area contributed by atoms with Crippen molar-refractivity contribution in [3.05, 3.63) is 113 Å². The Balaban J connectivity index is 1.43. The molecule has 4 aromatic rings. The molecule has 0 fully saturated rings. The van der Waals surface area contributed by atoms with Gasteiger partial charge in [-0.1, -0.05) is 36.4 Å². The monoisotopic (exact) mass is 1100 g/mol. The number of unbranched alkanes of at least 4 members (excludes halogenated alkanes) is 2. The Bertz CT molecular complexity index is 3510. The Hall–Kier alpha value is -5.67. The van der Waals surface area contributed by atoms with Gasteiger partial charge in [-0.05, 0) is 111 Å². The van der Waals surface area contributed by atoms with Gasteiger partial charge < -0.3 is 43.0 Å². The zero-order chi connectivity index (χ0) is 54.6. The SMILES string of the molecule is COCCNC(=O)c1cc(S(=O)(=O)[O-])c2ccc3c(c2c1)C(C)(C)C(/C=C/C=C/C=C/C=C1/N(CCOC)c2ccc4c(S(=O)(=O)[O-])cc(S(=O)(=O)[O-])cc4c2C1(C)CCCS(=O)(=O)[O-])=[N+]3CCCCCC(=O)O. The maximum atomic E-state index is 13.3. The van der Waals surface area contributed by atoms with Crippen molar-refractivity contribution in [2.24, 2.45) is 0 Å². The lowest BCUT2D eigenvalue weighted by Gasteiger charge is -2.31. The molecule has 1 amide bonds. The second-order valence-electron chi connectivity index (χ2n) is 18.5. The van der Waals surface area contributed by atoms with Crippen molar-refractivity contribution in [1.29, 1.82) is 0 Å². The molecule has 0 bridgehead atoms. The first kappa shape index (κ1) is 57.6. The molecule has 0 saturated carbocycles. The topological polar surface area (TPSA) is 320 Å². The number of aliphatic carboxylic acids is 1. The Labute approximate surface area is 430 Å². The molecular formula is C50H56N3O17S4-3. The van der Waals surface area contributed by atoms with Gasteiger partial charge >= 0.3 is 5.97 Å². The first-order chi connectivity index (χ1) is 34.6. The van der Waals surface area contributed by atoms with E-state index in [2.05, 4.69) is 5.32 Å². The summed E-state index contributed by atoms with van der Waals surface area (Å²) in [6.45, 7) is 6.59. The van der Waals surface area contributed by atoms with E-state index in [1.807, 2.05) is 24.5 Å². The highest BCUT2D eigenvalue weighted by Crippen LogP contribution is 2.54. The van der Waals surface area contributed by atoms with Gasteiger partial charge in [-0.25, -0.2) is 33.7 Å². The van der Waals surface area contributed by atoms with Crippen LogP contribution in [-0.2, 0) is 65.6 Å². The molecule has 0 spiro atoms. The zero-order valence-electron chi connectivity index (χ0n) is 41.2. The van der Waals surface area contributed by atoms with E-state index in [0.717, 1.165) is 17.8 Å². The third-order valence-electron chi connectivity index (χ3n) is 13.2. The van der Waals surface area contributed by atoms with Crippen LogP contribution >= 0.6 is 0 Å². The summed E-state index contributed by atoms with van der Waals surface area (Å²) in [4.78, 5) is 23.9. The van der Waals surface area contributed by atoms with Gasteiger partial charge in [0.25, 0.3) is 5.91 Å². The lowest BCUT2D eigenvalue weighted by atomic mass is 9.75. The van der Waals surface area contributed by atoms with E-state index in [-0.39, 0.29) is 72.9 Å². The molecule has 0 saturated heterocycles. The van der Waals surface area contributed by atoms with Gasteiger partial charge in [0, 0.05) is 91.4 Å². The van der Waals surface area contributed by atoms with Crippen LogP contribution in [0.2, 0.25) is 0 Å². The molecule has 74 heavy (non-hydrogen) atoms. The van der Waals surface area contributed by atoms with E-state index >= 15 is 0 Å². The van der Waals surface area contributed by atoms with Crippen molar-refractivity contribution in [3.63, 3.8) is 0 Å². The third-order valence-corrected chi connectivity index (χ3v) is 16.5. The van der Waals surface area contributed by atoms with E-state index in [9.17, 15) is 66.6 Å². The Kier molecular flexibility index (Phi) is 17.6. The molecule has 2 N–H and O–H groups in total. The van der Waals surface area contributed by atoms with Gasteiger partial charge in [-0.2, -0.15) is 4.58 Å². The molecule has 0 aromatic heterocycles. The average molecular weight is 1100 g/mol. The first-order valence-corrected chi connectivity index (χ1v) is 29.0. The third kappa shape index (κ3) is 12.7. The number of nitrogens with zero attached hydrogens (tertiary/aromatic N) is 2. The van der Waals surface area contributed by atoms with Gasteiger partial charge in [-0.15, -0.1) is 0 Å². The predicted octanol–water partition coefficient (Wildman–Crippen LogP) is 5.40. The summed E-state index contributed by atoms with van der Waals surface area (Å²) in [7, 11) is -17.5. The number of nitrogens with one attached hydrogen (secondary N) is 1. The lowest BCUT2D eigenvalue weighted by molar-refractivity contribution is -0.438. The van der Waals surface area contributed by atoms with Crippen LogP contribution in [0.15, 0.2) is 111 Å². The number of carboxylic acid groups (broad SMARTS) is 1. The summed E-state index contributed by atoms with van der Waals surface area (Å²) < 4.78 is 161. The number of rotatable bonds is 24. The minimum Gasteiger partial charge on any atom is -0.748 e. The van der Waals surface area contributed by atoms with Crippen LogP contribution in [0.4, 0.5) is 11.4 Å². The summed E-state index contributed by atoms with van der Waals surface area (Å²) >= 11 is 0. The van der Waals surface area contributed by atoms with Crippen LogP contribution in [-0.4, -0.2) is 132 Å². The molecule has 20 nitrogen and oxygen atoms in total. The normalized spacial score (nSPS) is 17.7. The number of carbonyl (C=O) groups excluding carboxylic acids is 1. The largest absolute Gasteiger partial charge is 0.748 e. The van der Waals surface area contributed by atoms with E-state index < -0.39 is 83.6 Å². The number of fused-ring (bicyclic) bond motifs is 6. The van der Waals surface area contributed by atoms with Crippen LogP contribution < -0.4 is 10.2 Å². The highest BCUT2D eigenvalue weighted by atomic mass is 32.2. The number of ether oxygens (including phenoxy) is 2. The van der Waals surface area contributed by atoms with Gasteiger partial charge in [0.15, 0.2) is 5.71 Å². The van der Waals surface area contributed by atoms with Crippen molar-refractivity contribution >= 4 is 91.0 Å². The number of hydrogen-bond acceptors (Lipinski definition) is 17. The second kappa shape index (κ2) is 22.7. The highest BCUT2D eigenvalue weighted by molar-refractivity contribution is 7.87. The van der Waals surface area contributed by atoms with E-state index in [4.69, 9.17) is 9.47 Å². The van der Waals surface area contributed by atoms with Gasteiger partial charge in [0.05, 0.1) is 43.4 Å². The van der Waals surface area contributed by atoms with Crippen molar-refractivity contribution in [1.82, 2.24) is 5.32 Å². The first-order valence-electron chi connectivity index (χ1n) is 23.2. The van der Waals surface area contributed by atoms with Crippen LogP contribution in [0.3, 0.4) is 0 Å². The standard InChI is InChI=1S/C50H59N3O17S4/c1-49(2)43(52(24-13-9-12-17-45(54)55)39-20-18-35-37(46(39)49)29-33(30-41(35)73(63,64)65)48(56)51-23-26-69-4)15-10-7-6-8-11-16-44-50(3,22-14-28-71(57,58)59)47-38-31-34(72(60,61)62)32-42(74(66,67)68)36(38)19-21-40(47)53(44)25-27-70-5/h6-8,10-11,15-16,18-21,29-32H,9,12-14,17,22-28H2,1-5H3,(H5-,51,54,55,56,57,58,59,60,61,62,63,64,65,66,67,68)/p-3. The molecule has 0 aliphatic carbocycles. The van der Waals surface area contributed by atoms with Crippen LogP contribution in [0.25, 0.3) is 21.5 Å². The van der Waals surface area contributed by atoms with Crippen molar-refractivity contribution in [3.8, 4) is 0 Å².